The smallest absolute Gasteiger partial charge is 0.0600 e. The number of nitrogens with two attached hydrogens (primary N) is 1. The Hall–Kier alpha value is -1.52. The molecule has 0 bridgehead atoms. The Labute approximate surface area is 118 Å². The molecule has 2 N–H and O–H groups in total. The maximum atomic E-state index is 6.04. The van der Waals surface area contributed by atoms with Gasteiger partial charge >= 0.3 is 0 Å². The topological polar surface area (TPSA) is 32.5 Å². The number of benzene rings is 1. The van der Waals surface area contributed by atoms with Gasteiger partial charge in [0.1, 0.15) is 0 Å². The van der Waals surface area contributed by atoms with Crippen LogP contribution in [-0.2, 0) is 6.54 Å². The van der Waals surface area contributed by atoms with E-state index in [-0.39, 0.29) is 0 Å². The molecule has 1 aromatic carbocycles. The van der Waals surface area contributed by atoms with Gasteiger partial charge in [-0.15, -0.1) is 11.3 Å². The van der Waals surface area contributed by atoms with Crippen LogP contribution in [0.1, 0.15) is 4.88 Å². The number of anilines is 2. The van der Waals surface area contributed by atoms with E-state index >= 15 is 0 Å². The minimum Gasteiger partial charge on any atom is -0.397 e. The Morgan fingerprint density at radius 2 is 1.79 bits per heavy atom. The Balaban J connectivity index is 1.59. The number of hydrogen-bond acceptors (Lipinski definition) is 4. The number of hydrogen-bond donors (Lipinski definition) is 1. The van der Waals surface area contributed by atoms with Gasteiger partial charge in [-0.2, -0.15) is 0 Å². The van der Waals surface area contributed by atoms with E-state index in [2.05, 4.69) is 39.4 Å². The van der Waals surface area contributed by atoms with Crippen LogP contribution in [0.2, 0.25) is 0 Å². The minimum absolute atomic E-state index is 0.884. The molecule has 1 fully saturated rings. The Morgan fingerprint density at radius 1 is 1.00 bits per heavy atom. The summed E-state index contributed by atoms with van der Waals surface area (Å²) in [4.78, 5) is 6.36. The average molecular weight is 273 g/mol. The summed E-state index contributed by atoms with van der Waals surface area (Å²) in [5.41, 5.74) is 8.10. The van der Waals surface area contributed by atoms with Gasteiger partial charge in [0.05, 0.1) is 11.4 Å². The lowest BCUT2D eigenvalue weighted by Gasteiger charge is -2.36. The van der Waals surface area contributed by atoms with Crippen LogP contribution < -0.4 is 10.6 Å². The molecule has 3 rings (SSSR count). The van der Waals surface area contributed by atoms with Gasteiger partial charge < -0.3 is 10.6 Å². The lowest BCUT2D eigenvalue weighted by atomic mass is 10.2. The highest BCUT2D eigenvalue weighted by Crippen LogP contribution is 2.24. The molecule has 2 heterocycles. The van der Waals surface area contributed by atoms with E-state index < -0.39 is 0 Å². The van der Waals surface area contributed by atoms with Gasteiger partial charge in [0, 0.05) is 37.6 Å². The second-order valence-corrected chi connectivity index (χ2v) is 5.93. The van der Waals surface area contributed by atoms with Gasteiger partial charge in [0.25, 0.3) is 0 Å². The maximum absolute atomic E-state index is 6.04. The summed E-state index contributed by atoms with van der Waals surface area (Å²) in [6, 6.07) is 12.5. The van der Waals surface area contributed by atoms with Gasteiger partial charge in [-0.05, 0) is 23.6 Å². The zero-order valence-electron chi connectivity index (χ0n) is 11.0. The molecule has 0 radical (unpaired) electrons. The zero-order valence-corrected chi connectivity index (χ0v) is 11.8. The summed E-state index contributed by atoms with van der Waals surface area (Å²) in [7, 11) is 0. The third-order valence-corrected chi connectivity index (χ3v) is 4.47. The summed E-state index contributed by atoms with van der Waals surface area (Å²) >= 11 is 1.84. The van der Waals surface area contributed by atoms with Gasteiger partial charge in [-0.3, -0.25) is 4.90 Å². The van der Waals surface area contributed by atoms with Crippen LogP contribution in [0.25, 0.3) is 0 Å². The van der Waals surface area contributed by atoms with Crippen LogP contribution in [0.3, 0.4) is 0 Å². The molecule has 100 valence electrons. The first-order valence-electron chi connectivity index (χ1n) is 6.67. The normalized spacial score (nSPS) is 16.7. The van der Waals surface area contributed by atoms with E-state index in [0.29, 0.717) is 0 Å². The van der Waals surface area contributed by atoms with E-state index in [4.69, 9.17) is 5.73 Å². The van der Waals surface area contributed by atoms with Crippen LogP contribution in [0, 0.1) is 0 Å². The molecule has 0 spiro atoms. The van der Waals surface area contributed by atoms with Gasteiger partial charge in [0.2, 0.25) is 0 Å². The molecule has 2 aromatic rings. The standard InChI is InChI=1S/C15H19N3S/c16-14-5-1-2-6-15(14)18-9-7-17(8-10-18)12-13-4-3-11-19-13/h1-6,11H,7-10,12,16H2. The number of thiophene rings is 1. The lowest BCUT2D eigenvalue weighted by molar-refractivity contribution is 0.252. The molecule has 1 aliphatic rings. The summed E-state index contributed by atoms with van der Waals surface area (Å²) in [5, 5.41) is 2.15. The SMILES string of the molecule is Nc1ccccc1N1CCN(Cc2cccs2)CC1. The van der Waals surface area contributed by atoms with Gasteiger partial charge in [-0.1, -0.05) is 18.2 Å². The fraction of sp³-hybridized carbons (Fsp3) is 0.333. The highest BCUT2D eigenvalue weighted by molar-refractivity contribution is 7.09. The number of piperazine rings is 1. The molecule has 1 aromatic heterocycles. The van der Waals surface area contributed by atoms with E-state index in [1.54, 1.807) is 0 Å². The van der Waals surface area contributed by atoms with E-state index in [9.17, 15) is 0 Å². The molecule has 0 unspecified atom stereocenters. The largest absolute Gasteiger partial charge is 0.397 e. The highest BCUT2D eigenvalue weighted by Gasteiger charge is 2.18. The van der Waals surface area contributed by atoms with Crippen molar-refractivity contribution in [2.75, 3.05) is 36.8 Å². The Kier molecular flexibility index (Phi) is 3.71. The third kappa shape index (κ3) is 2.91. The minimum atomic E-state index is 0.884. The van der Waals surface area contributed by atoms with Crippen molar-refractivity contribution in [1.29, 1.82) is 0 Å². The molecule has 0 aliphatic carbocycles. The number of para-hydroxylation sites is 2. The molecule has 1 aliphatic heterocycles. The Bertz CT molecular complexity index is 516. The lowest BCUT2D eigenvalue weighted by Crippen LogP contribution is -2.46. The van der Waals surface area contributed by atoms with Crippen LogP contribution in [-0.4, -0.2) is 31.1 Å². The number of nitrogens with zero attached hydrogens (tertiary/aromatic N) is 2. The zero-order chi connectivity index (χ0) is 13.1. The van der Waals surface area contributed by atoms with Crippen molar-refractivity contribution in [2.24, 2.45) is 0 Å². The quantitative estimate of drug-likeness (QED) is 0.873. The summed E-state index contributed by atoms with van der Waals surface area (Å²) in [6.45, 7) is 5.40. The molecule has 0 atom stereocenters. The highest BCUT2D eigenvalue weighted by atomic mass is 32.1. The molecule has 0 saturated carbocycles. The Morgan fingerprint density at radius 3 is 2.47 bits per heavy atom. The third-order valence-electron chi connectivity index (χ3n) is 3.61. The average Bonchev–Trinajstić information content (AvgIpc) is 2.93. The van der Waals surface area contributed by atoms with E-state index in [1.165, 1.54) is 10.6 Å². The monoisotopic (exact) mass is 273 g/mol. The van der Waals surface area contributed by atoms with Crippen molar-refractivity contribution < 1.29 is 0 Å². The number of rotatable bonds is 3. The molecule has 3 nitrogen and oxygen atoms in total. The van der Waals surface area contributed by atoms with Gasteiger partial charge in [-0.25, -0.2) is 0 Å². The molecular formula is C15H19N3S. The van der Waals surface area contributed by atoms with Crippen LogP contribution in [0.5, 0.6) is 0 Å². The van der Waals surface area contributed by atoms with Gasteiger partial charge in [0.15, 0.2) is 0 Å². The first kappa shape index (κ1) is 12.5. The fourth-order valence-electron chi connectivity index (χ4n) is 2.55. The van der Waals surface area contributed by atoms with Crippen LogP contribution in [0.4, 0.5) is 11.4 Å². The van der Waals surface area contributed by atoms with Crippen molar-refractivity contribution in [1.82, 2.24) is 4.90 Å². The summed E-state index contributed by atoms with van der Waals surface area (Å²) in [6.07, 6.45) is 0. The summed E-state index contributed by atoms with van der Waals surface area (Å²) in [5.74, 6) is 0. The van der Waals surface area contributed by atoms with Crippen molar-refractivity contribution in [3.63, 3.8) is 0 Å². The molecule has 19 heavy (non-hydrogen) atoms. The molecule has 0 amide bonds. The predicted molar refractivity (Wildman–Crippen MR) is 82.7 cm³/mol. The van der Waals surface area contributed by atoms with Crippen molar-refractivity contribution in [3.8, 4) is 0 Å². The molecule has 4 heteroatoms. The van der Waals surface area contributed by atoms with E-state index in [1.807, 2.05) is 23.5 Å². The van der Waals surface area contributed by atoms with Crippen LogP contribution >= 0.6 is 11.3 Å². The van der Waals surface area contributed by atoms with E-state index in [0.717, 1.165) is 38.4 Å². The first-order valence-corrected chi connectivity index (χ1v) is 7.55. The number of nitrogen functional groups attached to an aromatic ring is 1. The van der Waals surface area contributed by atoms with Crippen molar-refractivity contribution >= 4 is 22.7 Å². The first-order chi connectivity index (χ1) is 9.33. The summed E-state index contributed by atoms with van der Waals surface area (Å²) < 4.78 is 0. The second kappa shape index (κ2) is 5.63. The maximum Gasteiger partial charge on any atom is 0.0600 e. The fourth-order valence-corrected chi connectivity index (χ4v) is 3.29. The van der Waals surface area contributed by atoms with Crippen molar-refractivity contribution in [3.05, 3.63) is 46.7 Å². The molecular weight excluding hydrogens is 254 g/mol. The molecule has 1 saturated heterocycles. The second-order valence-electron chi connectivity index (χ2n) is 4.90. The van der Waals surface area contributed by atoms with Crippen molar-refractivity contribution in [2.45, 2.75) is 6.54 Å². The van der Waals surface area contributed by atoms with Crippen LogP contribution in [0.15, 0.2) is 41.8 Å². The predicted octanol–water partition coefficient (Wildman–Crippen LogP) is 2.65.